The summed E-state index contributed by atoms with van der Waals surface area (Å²) in [5.74, 6) is -0.675. The molecule has 0 unspecified atom stereocenters. The Labute approximate surface area is 259 Å². The molecule has 1 aliphatic heterocycles. The summed E-state index contributed by atoms with van der Waals surface area (Å²) in [4.78, 5) is 12.7. The lowest BCUT2D eigenvalue weighted by molar-refractivity contribution is -0.137. The second-order valence-corrected chi connectivity index (χ2v) is 13.7. The molecular formula is C29H32F3N3O8S2. The van der Waals surface area contributed by atoms with Crippen molar-refractivity contribution in [1.29, 1.82) is 0 Å². The van der Waals surface area contributed by atoms with Crippen LogP contribution in [0.4, 0.5) is 24.5 Å². The number of anilines is 2. The molecular weight excluding hydrogens is 639 g/mol. The lowest BCUT2D eigenvalue weighted by Gasteiger charge is -2.27. The van der Waals surface area contributed by atoms with Crippen LogP contribution in [-0.4, -0.2) is 68.0 Å². The number of ether oxygens (including phenoxy) is 3. The van der Waals surface area contributed by atoms with E-state index in [0.29, 0.717) is 36.3 Å². The number of sulfonamides is 2. The van der Waals surface area contributed by atoms with E-state index in [1.807, 2.05) is 0 Å². The van der Waals surface area contributed by atoms with Gasteiger partial charge in [0.2, 0.25) is 15.9 Å². The number of nitrogens with one attached hydrogen (secondary N) is 1. The molecule has 0 aliphatic carbocycles. The van der Waals surface area contributed by atoms with Crippen molar-refractivity contribution in [2.45, 2.75) is 35.2 Å². The molecule has 0 saturated carbocycles. The molecule has 16 heteroatoms. The number of halogens is 3. The number of amides is 1. The summed E-state index contributed by atoms with van der Waals surface area (Å²) in [5.41, 5.74) is -1.56. The second-order valence-electron chi connectivity index (χ2n) is 9.96. The fourth-order valence-corrected chi connectivity index (χ4v) is 7.92. The third-order valence-electron chi connectivity index (χ3n) is 7.07. The van der Waals surface area contributed by atoms with E-state index in [-0.39, 0.29) is 32.7 Å². The molecule has 3 aromatic carbocycles. The van der Waals surface area contributed by atoms with Crippen LogP contribution in [0.3, 0.4) is 0 Å². The van der Waals surface area contributed by atoms with E-state index >= 15 is 0 Å². The Kier molecular flexibility index (Phi) is 10.2. The summed E-state index contributed by atoms with van der Waals surface area (Å²) < 4.78 is 113. The number of rotatable bonds is 11. The van der Waals surface area contributed by atoms with Gasteiger partial charge in [-0.3, -0.25) is 9.10 Å². The Bertz CT molecular complexity index is 1760. The van der Waals surface area contributed by atoms with E-state index < -0.39 is 49.9 Å². The molecule has 1 amide bonds. The first-order valence-electron chi connectivity index (χ1n) is 13.6. The zero-order valence-electron chi connectivity index (χ0n) is 24.6. The van der Waals surface area contributed by atoms with Crippen molar-refractivity contribution in [3.63, 3.8) is 0 Å². The van der Waals surface area contributed by atoms with Crippen molar-refractivity contribution in [3.05, 3.63) is 66.2 Å². The van der Waals surface area contributed by atoms with Crippen LogP contribution in [0.25, 0.3) is 0 Å². The van der Waals surface area contributed by atoms with Gasteiger partial charge in [-0.25, -0.2) is 16.8 Å². The van der Waals surface area contributed by atoms with Crippen molar-refractivity contribution in [2.75, 3.05) is 50.6 Å². The SMILES string of the molecule is COc1ccc(S(=O)(=O)N(CC(=O)Nc2ccc(OC)c(S(=O)(=O)N3CCCCC3)c2)c2cccc(C(F)(F)F)c2)cc1OC. The Morgan fingerprint density at radius 3 is 2.11 bits per heavy atom. The van der Waals surface area contributed by atoms with E-state index in [0.717, 1.165) is 36.8 Å². The van der Waals surface area contributed by atoms with Crippen molar-refractivity contribution in [2.24, 2.45) is 0 Å². The molecule has 4 rings (SSSR count). The summed E-state index contributed by atoms with van der Waals surface area (Å²) in [6.45, 7) is -0.317. The van der Waals surface area contributed by atoms with Gasteiger partial charge in [-0.15, -0.1) is 0 Å². The smallest absolute Gasteiger partial charge is 0.416 e. The summed E-state index contributed by atoms with van der Waals surface area (Å²) in [6, 6.07) is 11.0. The number of piperidine rings is 1. The van der Waals surface area contributed by atoms with Crippen LogP contribution in [0.1, 0.15) is 24.8 Å². The van der Waals surface area contributed by atoms with E-state index in [1.54, 1.807) is 0 Å². The molecule has 1 heterocycles. The molecule has 0 spiro atoms. The molecule has 0 radical (unpaired) electrons. The number of hydrogen-bond donors (Lipinski definition) is 1. The van der Waals surface area contributed by atoms with E-state index in [1.165, 1.54) is 49.9 Å². The largest absolute Gasteiger partial charge is 0.495 e. The van der Waals surface area contributed by atoms with Crippen LogP contribution in [0, 0.1) is 0 Å². The molecule has 0 bridgehead atoms. The lowest BCUT2D eigenvalue weighted by Crippen LogP contribution is -2.38. The van der Waals surface area contributed by atoms with Crippen LogP contribution in [0.5, 0.6) is 17.2 Å². The second kappa shape index (κ2) is 13.5. The topological polar surface area (TPSA) is 132 Å². The number of carbonyl (C=O) groups is 1. The molecule has 1 aliphatic rings. The predicted molar refractivity (Wildman–Crippen MR) is 160 cm³/mol. The first-order valence-corrected chi connectivity index (χ1v) is 16.5. The van der Waals surface area contributed by atoms with Crippen molar-refractivity contribution >= 4 is 37.3 Å². The van der Waals surface area contributed by atoms with E-state index in [4.69, 9.17) is 14.2 Å². The maximum Gasteiger partial charge on any atom is 0.416 e. The van der Waals surface area contributed by atoms with Crippen LogP contribution < -0.4 is 23.8 Å². The molecule has 45 heavy (non-hydrogen) atoms. The maximum atomic E-state index is 13.9. The van der Waals surface area contributed by atoms with Gasteiger partial charge in [0.05, 0.1) is 37.5 Å². The highest BCUT2D eigenvalue weighted by atomic mass is 32.2. The number of carbonyl (C=O) groups excluding carboxylic acids is 1. The van der Waals surface area contributed by atoms with Crippen LogP contribution >= 0.6 is 0 Å². The number of nitrogens with zero attached hydrogens (tertiary/aromatic N) is 2. The minimum absolute atomic E-state index is 0.00360. The monoisotopic (exact) mass is 671 g/mol. The minimum Gasteiger partial charge on any atom is -0.495 e. The van der Waals surface area contributed by atoms with Gasteiger partial charge in [0.1, 0.15) is 17.2 Å². The standard InChI is InChI=1S/C29H32F3N3O8S2/c1-41-24-13-11-23(18-26(24)43-3)44(37,38)35(22-9-7-8-20(16-22)29(30,31)32)19-28(36)33-21-10-12-25(42-2)27(17-21)45(39,40)34-14-5-4-6-15-34/h7-13,16-18H,4-6,14-15,19H2,1-3H3,(H,33,36). The van der Waals surface area contributed by atoms with Gasteiger partial charge in [0, 0.05) is 24.8 Å². The van der Waals surface area contributed by atoms with Gasteiger partial charge in [-0.2, -0.15) is 17.5 Å². The van der Waals surface area contributed by atoms with Crippen LogP contribution in [0.15, 0.2) is 70.5 Å². The average Bonchev–Trinajstić information content (AvgIpc) is 3.03. The predicted octanol–water partition coefficient (Wildman–Crippen LogP) is 4.74. The molecule has 0 aromatic heterocycles. The normalized spacial score (nSPS) is 14.4. The Morgan fingerprint density at radius 1 is 0.844 bits per heavy atom. The highest BCUT2D eigenvalue weighted by molar-refractivity contribution is 7.92. The number of methoxy groups -OCH3 is 3. The van der Waals surface area contributed by atoms with Crippen LogP contribution in [-0.2, 0) is 31.0 Å². The number of alkyl halides is 3. The first kappa shape index (κ1) is 33.9. The third kappa shape index (κ3) is 7.45. The maximum absolute atomic E-state index is 13.9. The van der Waals surface area contributed by atoms with E-state index in [9.17, 15) is 34.8 Å². The zero-order chi connectivity index (χ0) is 33.0. The van der Waals surface area contributed by atoms with Gasteiger partial charge in [0.25, 0.3) is 10.0 Å². The molecule has 1 fully saturated rings. The quantitative estimate of drug-likeness (QED) is 0.310. The average molecular weight is 672 g/mol. The Balaban J connectivity index is 1.71. The molecule has 244 valence electrons. The highest BCUT2D eigenvalue weighted by Gasteiger charge is 2.34. The molecule has 1 saturated heterocycles. The summed E-state index contributed by atoms with van der Waals surface area (Å²) in [7, 11) is -4.75. The van der Waals surface area contributed by atoms with Crippen molar-refractivity contribution in [3.8, 4) is 17.2 Å². The molecule has 3 aromatic rings. The van der Waals surface area contributed by atoms with Gasteiger partial charge in [-0.1, -0.05) is 12.5 Å². The third-order valence-corrected chi connectivity index (χ3v) is 10.8. The van der Waals surface area contributed by atoms with Gasteiger partial charge in [0.15, 0.2) is 11.5 Å². The van der Waals surface area contributed by atoms with Crippen molar-refractivity contribution in [1.82, 2.24) is 4.31 Å². The number of hydrogen-bond acceptors (Lipinski definition) is 8. The highest BCUT2D eigenvalue weighted by Crippen LogP contribution is 2.36. The first-order chi connectivity index (χ1) is 21.2. The van der Waals surface area contributed by atoms with Crippen LogP contribution in [0.2, 0.25) is 0 Å². The fourth-order valence-electron chi connectivity index (χ4n) is 4.79. The van der Waals surface area contributed by atoms with Gasteiger partial charge >= 0.3 is 6.18 Å². The van der Waals surface area contributed by atoms with Gasteiger partial charge < -0.3 is 19.5 Å². The van der Waals surface area contributed by atoms with E-state index in [2.05, 4.69) is 5.32 Å². The van der Waals surface area contributed by atoms with Gasteiger partial charge in [-0.05, 0) is 61.4 Å². The zero-order valence-corrected chi connectivity index (χ0v) is 26.3. The molecule has 0 atom stereocenters. The Hall–Kier alpha value is -4.02. The lowest BCUT2D eigenvalue weighted by atomic mass is 10.2. The number of benzene rings is 3. The Morgan fingerprint density at radius 2 is 1.49 bits per heavy atom. The van der Waals surface area contributed by atoms with Crippen molar-refractivity contribution < 1.29 is 49.0 Å². The minimum atomic E-state index is -4.80. The summed E-state index contributed by atoms with van der Waals surface area (Å²) >= 11 is 0. The fraction of sp³-hybridized carbons (Fsp3) is 0.345. The summed E-state index contributed by atoms with van der Waals surface area (Å²) in [6.07, 6.45) is -2.51. The molecule has 11 nitrogen and oxygen atoms in total. The summed E-state index contributed by atoms with van der Waals surface area (Å²) in [5, 5.41) is 2.47. The molecule has 1 N–H and O–H groups in total.